The highest BCUT2D eigenvalue weighted by Gasteiger charge is 2.07. The van der Waals surface area contributed by atoms with Crippen LogP contribution in [0.2, 0.25) is 5.02 Å². The van der Waals surface area contributed by atoms with E-state index in [2.05, 4.69) is 4.98 Å². The monoisotopic (exact) mass is 255 g/mol. The van der Waals surface area contributed by atoms with Crippen molar-refractivity contribution >= 4 is 23.2 Å². The van der Waals surface area contributed by atoms with Gasteiger partial charge in [-0.1, -0.05) is 11.6 Å². The third-order valence-electron chi connectivity index (χ3n) is 2.30. The Labute approximate surface area is 104 Å². The molecule has 0 unspecified atom stereocenters. The predicted molar refractivity (Wildman–Crippen MR) is 66.1 cm³/mol. The van der Waals surface area contributed by atoms with E-state index < -0.39 is 0 Å². The van der Waals surface area contributed by atoms with Crippen LogP contribution in [0.5, 0.6) is 0 Å². The molecule has 0 saturated carbocycles. The zero-order valence-electron chi connectivity index (χ0n) is 8.84. The molecule has 0 saturated heterocycles. The number of alkyl halides is 1. The Balaban J connectivity index is 2.31. The van der Waals surface area contributed by atoms with Crippen molar-refractivity contribution in [2.45, 2.75) is 13.3 Å². The minimum absolute atomic E-state index is 0.513. The number of aromatic nitrogens is 1. The second-order valence-electron chi connectivity index (χ2n) is 3.52. The van der Waals surface area contributed by atoms with Gasteiger partial charge in [0.15, 0.2) is 11.7 Å². The van der Waals surface area contributed by atoms with Crippen LogP contribution in [0, 0.1) is 6.92 Å². The molecule has 0 aliphatic rings. The lowest BCUT2D eigenvalue weighted by Gasteiger charge is -2.00. The van der Waals surface area contributed by atoms with Crippen LogP contribution in [-0.2, 0) is 6.42 Å². The normalized spacial score (nSPS) is 10.7. The predicted octanol–water partition coefficient (Wildman–Crippen LogP) is 4.08. The maximum Gasteiger partial charge on any atom is 0.196 e. The summed E-state index contributed by atoms with van der Waals surface area (Å²) in [6.07, 6.45) is 2.36. The topological polar surface area (TPSA) is 26.0 Å². The van der Waals surface area contributed by atoms with Gasteiger partial charge in [0.25, 0.3) is 0 Å². The molecule has 1 aromatic carbocycles. The maximum atomic E-state index is 5.96. The lowest BCUT2D eigenvalue weighted by molar-refractivity contribution is 0.514. The molecule has 4 heteroatoms. The maximum absolute atomic E-state index is 5.96. The van der Waals surface area contributed by atoms with Gasteiger partial charge in [-0.05, 0) is 30.7 Å². The number of aryl methyl sites for hydroxylation is 2. The quantitative estimate of drug-likeness (QED) is 0.773. The molecule has 0 aliphatic carbocycles. The van der Waals surface area contributed by atoms with Gasteiger partial charge in [0, 0.05) is 22.9 Å². The molecular formula is C12H11Cl2NO. The summed E-state index contributed by atoms with van der Waals surface area (Å²) in [5, 5.41) is 0.754. The van der Waals surface area contributed by atoms with Gasteiger partial charge in [-0.25, -0.2) is 4.98 Å². The van der Waals surface area contributed by atoms with E-state index in [4.69, 9.17) is 27.6 Å². The highest BCUT2D eigenvalue weighted by molar-refractivity contribution is 6.31. The zero-order valence-corrected chi connectivity index (χ0v) is 10.3. The number of nitrogens with zero attached hydrogens (tertiary/aromatic N) is 1. The number of benzene rings is 1. The Kier molecular flexibility index (Phi) is 3.52. The minimum atomic E-state index is 0.513. The first kappa shape index (κ1) is 11.5. The van der Waals surface area contributed by atoms with Crippen LogP contribution >= 0.6 is 23.2 Å². The highest BCUT2D eigenvalue weighted by Crippen LogP contribution is 2.25. The minimum Gasteiger partial charge on any atom is -0.441 e. The van der Waals surface area contributed by atoms with Crippen molar-refractivity contribution in [3.63, 3.8) is 0 Å². The molecule has 2 nitrogen and oxygen atoms in total. The van der Waals surface area contributed by atoms with Crippen LogP contribution in [-0.4, -0.2) is 10.9 Å². The Morgan fingerprint density at radius 1 is 1.38 bits per heavy atom. The van der Waals surface area contributed by atoms with Crippen molar-refractivity contribution in [2.75, 3.05) is 5.88 Å². The van der Waals surface area contributed by atoms with Gasteiger partial charge in [0.2, 0.25) is 0 Å². The van der Waals surface area contributed by atoms with Crippen molar-refractivity contribution in [3.8, 4) is 11.3 Å². The first-order valence-electron chi connectivity index (χ1n) is 4.98. The molecule has 0 amide bonds. The van der Waals surface area contributed by atoms with Gasteiger partial charge in [-0.3, -0.25) is 0 Å². The van der Waals surface area contributed by atoms with Gasteiger partial charge >= 0.3 is 0 Å². The fourth-order valence-corrected chi connectivity index (χ4v) is 1.72. The Hall–Kier alpha value is -0.990. The van der Waals surface area contributed by atoms with Crippen molar-refractivity contribution in [1.82, 2.24) is 4.98 Å². The number of hydrogen-bond acceptors (Lipinski definition) is 2. The number of rotatable bonds is 3. The van der Waals surface area contributed by atoms with Crippen LogP contribution in [0.3, 0.4) is 0 Å². The van der Waals surface area contributed by atoms with Gasteiger partial charge in [-0.2, -0.15) is 0 Å². The van der Waals surface area contributed by atoms with Crippen LogP contribution in [0.1, 0.15) is 11.5 Å². The summed E-state index contributed by atoms with van der Waals surface area (Å²) in [5.41, 5.74) is 2.00. The lowest BCUT2D eigenvalue weighted by atomic mass is 10.1. The van der Waals surface area contributed by atoms with Crippen LogP contribution in [0.25, 0.3) is 11.3 Å². The largest absolute Gasteiger partial charge is 0.441 e. The van der Waals surface area contributed by atoms with Gasteiger partial charge in [0.05, 0.1) is 6.20 Å². The van der Waals surface area contributed by atoms with E-state index in [0.717, 1.165) is 21.9 Å². The Bertz CT molecular complexity index is 494. The fourth-order valence-electron chi connectivity index (χ4n) is 1.44. The van der Waals surface area contributed by atoms with E-state index in [-0.39, 0.29) is 0 Å². The standard InChI is InChI=1S/C12H11Cl2NO/c1-8-6-9(2-3-10(8)14)11-7-15-12(16-11)4-5-13/h2-3,6-7H,4-5H2,1H3. The summed E-state index contributed by atoms with van der Waals surface area (Å²) in [7, 11) is 0. The molecule has 1 aromatic heterocycles. The Morgan fingerprint density at radius 2 is 2.19 bits per heavy atom. The molecule has 0 spiro atoms. The van der Waals surface area contributed by atoms with E-state index in [1.165, 1.54) is 0 Å². The summed E-state index contributed by atoms with van der Waals surface area (Å²) in [6, 6.07) is 5.75. The van der Waals surface area contributed by atoms with E-state index in [1.807, 2.05) is 25.1 Å². The van der Waals surface area contributed by atoms with Gasteiger partial charge in [-0.15, -0.1) is 11.6 Å². The smallest absolute Gasteiger partial charge is 0.196 e. The Morgan fingerprint density at radius 3 is 2.88 bits per heavy atom. The number of oxazole rings is 1. The molecule has 0 radical (unpaired) electrons. The summed E-state index contributed by atoms with van der Waals surface area (Å²) < 4.78 is 5.57. The SMILES string of the molecule is Cc1cc(-c2cnc(CCCl)o2)ccc1Cl. The summed E-state index contributed by atoms with van der Waals surface area (Å²) in [6.45, 7) is 1.96. The van der Waals surface area contributed by atoms with Crippen molar-refractivity contribution < 1.29 is 4.42 Å². The van der Waals surface area contributed by atoms with E-state index in [9.17, 15) is 0 Å². The summed E-state index contributed by atoms with van der Waals surface area (Å²) in [5.74, 6) is 1.93. The van der Waals surface area contributed by atoms with Crippen molar-refractivity contribution in [3.05, 3.63) is 40.9 Å². The first-order chi connectivity index (χ1) is 7.70. The molecular weight excluding hydrogens is 245 g/mol. The van der Waals surface area contributed by atoms with Gasteiger partial charge < -0.3 is 4.42 Å². The molecule has 2 rings (SSSR count). The molecule has 0 bridgehead atoms. The van der Waals surface area contributed by atoms with E-state index >= 15 is 0 Å². The third-order valence-corrected chi connectivity index (χ3v) is 2.92. The molecule has 0 aliphatic heterocycles. The zero-order chi connectivity index (χ0) is 11.5. The second-order valence-corrected chi connectivity index (χ2v) is 4.31. The molecule has 16 heavy (non-hydrogen) atoms. The van der Waals surface area contributed by atoms with E-state index in [1.54, 1.807) is 6.20 Å². The fraction of sp³-hybridized carbons (Fsp3) is 0.250. The van der Waals surface area contributed by atoms with Gasteiger partial charge in [0.1, 0.15) is 0 Å². The summed E-state index contributed by atoms with van der Waals surface area (Å²) >= 11 is 11.6. The van der Waals surface area contributed by atoms with E-state index in [0.29, 0.717) is 18.2 Å². The average molecular weight is 256 g/mol. The number of halogens is 2. The molecule has 1 heterocycles. The van der Waals surface area contributed by atoms with Crippen molar-refractivity contribution in [1.29, 1.82) is 0 Å². The summed E-state index contributed by atoms with van der Waals surface area (Å²) in [4.78, 5) is 4.15. The lowest BCUT2D eigenvalue weighted by Crippen LogP contribution is -1.83. The molecule has 0 N–H and O–H groups in total. The van der Waals surface area contributed by atoms with Crippen molar-refractivity contribution in [2.24, 2.45) is 0 Å². The third kappa shape index (κ3) is 2.39. The highest BCUT2D eigenvalue weighted by atomic mass is 35.5. The molecule has 2 aromatic rings. The molecule has 84 valence electrons. The number of hydrogen-bond donors (Lipinski definition) is 0. The van der Waals surface area contributed by atoms with Crippen LogP contribution in [0.4, 0.5) is 0 Å². The van der Waals surface area contributed by atoms with Crippen LogP contribution < -0.4 is 0 Å². The molecule has 0 atom stereocenters. The first-order valence-corrected chi connectivity index (χ1v) is 5.89. The van der Waals surface area contributed by atoms with Crippen LogP contribution in [0.15, 0.2) is 28.8 Å². The molecule has 0 fully saturated rings. The second kappa shape index (κ2) is 4.89. The average Bonchev–Trinajstić information content (AvgIpc) is 2.71.